The SMILES string of the molecule is O=C(O)C1CCCN(C(=O)NC(c2ccccc2)c2nccs2)C1. The van der Waals surface area contributed by atoms with E-state index in [1.54, 1.807) is 11.1 Å². The lowest BCUT2D eigenvalue weighted by atomic mass is 9.98. The Kier molecular flexibility index (Phi) is 5.10. The number of piperidine rings is 1. The molecule has 1 fully saturated rings. The van der Waals surface area contributed by atoms with Gasteiger partial charge < -0.3 is 15.3 Å². The summed E-state index contributed by atoms with van der Waals surface area (Å²) in [6.07, 6.45) is 3.04. The maximum Gasteiger partial charge on any atom is 0.318 e. The van der Waals surface area contributed by atoms with Crippen molar-refractivity contribution in [3.63, 3.8) is 0 Å². The number of amides is 2. The van der Waals surface area contributed by atoms with E-state index >= 15 is 0 Å². The van der Waals surface area contributed by atoms with Gasteiger partial charge >= 0.3 is 12.0 Å². The lowest BCUT2D eigenvalue weighted by Crippen LogP contribution is -2.48. The second kappa shape index (κ2) is 7.44. The zero-order valence-electron chi connectivity index (χ0n) is 13.1. The van der Waals surface area contributed by atoms with Crippen molar-refractivity contribution in [1.82, 2.24) is 15.2 Å². The molecule has 1 aromatic heterocycles. The molecule has 7 heteroatoms. The molecule has 0 aliphatic carbocycles. The summed E-state index contributed by atoms with van der Waals surface area (Å²) in [6.45, 7) is 0.829. The molecule has 2 amide bonds. The van der Waals surface area contributed by atoms with Gasteiger partial charge in [0.1, 0.15) is 11.0 Å². The highest BCUT2D eigenvalue weighted by molar-refractivity contribution is 7.09. The molecule has 2 atom stereocenters. The number of hydrogen-bond acceptors (Lipinski definition) is 4. The highest BCUT2D eigenvalue weighted by Gasteiger charge is 2.30. The third-order valence-corrected chi connectivity index (χ3v) is 5.00. The second-order valence-corrected chi connectivity index (χ2v) is 6.71. The van der Waals surface area contributed by atoms with Crippen LogP contribution in [0.1, 0.15) is 29.5 Å². The quantitative estimate of drug-likeness (QED) is 0.892. The Labute approximate surface area is 144 Å². The molecule has 3 rings (SSSR count). The molecule has 2 heterocycles. The van der Waals surface area contributed by atoms with Crippen molar-refractivity contribution in [2.75, 3.05) is 13.1 Å². The molecule has 0 bridgehead atoms. The Hall–Kier alpha value is -2.41. The minimum atomic E-state index is -0.841. The van der Waals surface area contributed by atoms with Gasteiger partial charge in [-0.15, -0.1) is 11.3 Å². The molecule has 6 nitrogen and oxygen atoms in total. The van der Waals surface area contributed by atoms with Crippen LogP contribution in [0.5, 0.6) is 0 Å². The van der Waals surface area contributed by atoms with Crippen molar-refractivity contribution in [3.8, 4) is 0 Å². The van der Waals surface area contributed by atoms with E-state index in [1.165, 1.54) is 11.3 Å². The Morgan fingerprint density at radius 3 is 2.79 bits per heavy atom. The first-order valence-corrected chi connectivity index (χ1v) is 8.75. The number of rotatable bonds is 4. The van der Waals surface area contributed by atoms with Gasteiger partial charge in [0.2, 0.25) is 0 Å². The number of hydrogen-bond donors (Lipinski definition) is 2. The number of carbonyl (C=O) groups is 2. The number of carbonyl (C=O) groups excluding carboxylic acids is 1. The van der Waals surface area contributed by atoms with Crippen LogP contribution in [0.25, 0.3) is 0 Å². The lowest BCUT2D eigenvalue weighted by Gasteiger charge is -2.32. The lowest BCUT2D eigenvalue weighted by molar-refractivity contribution is -0.143. The van der Waals surface area contributed by atoms with Crippen LogP contribution < -0.4 is 5.32 Å². The molecule has 0 saturated carbocycles. The van der Waals surface area contributed by atoms with Gasteiger partial charge in [-0.2, -0.15) is 0 Å². The predicted octanol–water partition coefficient (Wildman–Crippen LogP) is 2.74. The molecule has 2 N–H and O–H groups in total. The van der Waals surface area contributed by atoms with Gasteiger partial charge in [-0.1, -0.05) is 30.3 Å². The minimum absolute atomic E-state index is 0.245. The van der Waals surface area contributed by atoms with Gasteiger partial charge in [-0.3, -0.25) is 4.79 Å². The first-order valence-electron chi connectivity index (χ1n) is 7.87. The summed E-state index contributed by atoms with van der Waals surface area (Å²) in [6, 6.07) is 9.08. The van der Waals surface area contributed by atoms with E-state index in [1.807, 2.05) is 35.7 Å². The summed E-state index contributed by atoms with van der Waals surface area (Å²) in [5.74, 6) is -1.33. The van der Waals surface area contributed by atoms with Crippen LogP contribution >= 0.6 is 11.3 Å². The van der Waals surface area contributed by atoms with Gasteiger partial charge in [0.05, 0.1) is 5.92 Å². The number of aromatic nitrogens is 1. The monoisotopic (exact) mass is 345 g/mol. The maximum atomic E-state index is 12.6. The van der Waals surface area contributed by atoms with E-state index in [9.17, 15) is 14.7 Å². The molecule has 2 aromatic rings. The second-order valence-electron chi connectivity index (χ2n) is 5.79. The van der Waals surface area contributed by atoms with E-state index in [0.717, 1.165) is 10.6 Å². The third kappa shape index (κ3) is 3.73. The molecule has 2 unspecified atom stereocenters. The molecule has 1 aliphatic heterocycles. The van der Waals surface area contributed by atoms with Crippen LogP contribution in [0.2, 0.25) is 0 Å². The van der Waals surface area contributed by atoms with Crippen LogP contribution in [0.4, 0.5) is 4.79 Å². The highest BCUT2D eigenvalue weighted by atomic mass is 32.1. The van der Waals surface area contributed by atoms with Gasteiger partial charge in [-0.25, -0.2) is 9.78 Å². The molecule has 1 aliphatic rings. The molecule has 24 heavy (non-hydrogen) atoms. The molecular weight excluding hydrogens is 326 g/mol. The Morgan fingerprint density at radius 1 is 1.33 bits per heavy atom. The fourth-order valence-corrected chi connectivity index (χ4v) is 3.60. The number of aliphatic carboxylic acids is 1. The van der Waals surface area contributed by atoms with Gasteiger partial charge in [0.15, 0.2) is 0 Å². The van der Waals surface area contributed by atoms with Crippen LogP contribution in [0.3, 0.4) is 0 Å². The largest absolute Gasteiger partial charge is 0.481 e. The van der Waals surface area contributed by atoms with Crippen LogP contribution in [-0.4, -0.2) is 40.1 Å². The van der Waals surface area contributed by atoms with Crippen LogP contribution in [-0.2, 0) is 4.79 Å². The summed E-state index contributed by atoms with van der Waals surface area (Å²) < 4.78 is 0. The van der Waals surface area contributed by atoms with Gasteiger partial charge in [0, 0.05) is 24.7 Å². The normalized spacial score (nSPS) is 18.8. The Bertz CT molecular complexity index is 690. The fraction of sp³-hybridized carbons (Fsp3) is 0.353. The number of benzene rings is 1. The van der Waals surface area contributed by atoms with Crippen molar-refractivity contribution < 1.29 is 14.7 Å². The van der Waals surface area contributed by atoms with E-state index in [4.69, 9.17) is 0 Å². The summed E-state index contributed by atoms with van der Waals surface area (Å²) >= 11 is 1.48. The smallest absolute Gasteiger partial charge is 0.318 e. The highest BCUT2D eigenvalue weighted by Crippen LogP contribution is 2.25. The minimum Gasteiger partial charge on any atom is -0.481 e. The van der Waals surface area contributed by atoms with Crippen LogP contribution in [0.15, 0.2) is 41.9 Å². The number of carboxylic acids is 1. The Balaban J connectivity index is 1.75. The van der Waals surface area contributed by atoms with Gasteiger partial charge in [0.25, 0.3) is 0 Å². The molecule has 126 valence electrons. The number of likely N-dealkylation sites (tertiary alicyclic amines) is 1. The standard InChI is InChI=1S/C17H19N3O3S/c21-16(22)13-7-4-9-20(11-13)17(23)19-14(15-18-8-10-24-15)12-5-2-1-3-6-12/h1-3,5-6,8,10,13-14H,4,7,9,11H2,(H,19,23)(H,21,22). The zero-order chi connectivity index (χ0) is 16.9. The predicted molar refractivity (Wildman–Crippen MR) is 90.9 cm³/mol. The maximum absolute atomic E-state index is 12.6. The summed E-state index contributed by atoms with van der Waals surface area (Å²) in [7, 11) is 0. The summed E-state index contributed by atoms with van der Waals surface area (Å²) in [4.78, 5) is 29.7. The van der Waals surface area contributed by atoms with Crippen LogP contribution in [0, 0.1) is 5.92 Å². The van der Waals surface area contributed by atoms with Crippen molar-refractivity contribution >= 4 is 23.3 Å². The number of nitrogens with zero attached hydrogens (tertiary/aromatic N) is 2. The number of urea groups is 1. The fourth-order valence-electron chi connectivity index (χ4n) is 2.89. The number of carboxylic acid groups (broad SMARTS) is 1. The van der Waals surface area contributed by atoms with E-state index in [0.29, 0.717) is 19.4 Å². The van der Waals surface area contributed by atoms with Crippen molar-refractivity contribution in [2.24, 2.45) is 5.92 Å². The topological polar surface area (TPSA) is 82.5 Å². The summed E-state index contributed by atoms with van der Waals surface area (Å²) in [5, 5.41) is 14.9. The van der Waals surface area contributed by atoms with E-state index in [2.05, 4.69) is 10.3 Å². The van der Waals surface area contributed by atoms with Crippen molar-refractivity contribution in [2.45, 2.75) is 18.9 Å². The first-order chi connectivity index (χ1) is 11.6. The average Bonchev–Trinajstić information content (AvgIpc) is 3.14. The average molecular weight is 345 g/mol. The summed E-state index contributed by atoms with van der Waals surface area (Å²) in [5.41, 5.74) is 0.951. The van der Waals surface area contributed by atoms with Crippen molar-refractivity contribution in [1.29, 1.82) is 0 Å². The third-order valence-electron chi connectivity index (χ3n) is 4.16. The zero-order valence-corrected chi connectivity index (χ0v) is 13.9. The van der Waals surface area contributed by atoms with Gasteiger partial charge in [-0.05, 0) is 18.4 Å². The Morgan fingerprint density at radius 2 is 2.12 bits per heavy atom. The molecule has 1 saturated heterocycles. The molecular formula is C17H19N3O3S. The number of nitrogens with one attached hydrogen (secondary N) is 1. The first kappa shape index (κ1) is 16.4. The molecule has 0 radical (unpaired) electrons. The van der Waals surface area contributed by atoms with E-state index < -0.39 is 11.9 Å². The molecule has 1 aromatic carbocycles. The van der Waals surface area contributed by atoms with E-state index in [-0.39, 0.29) is 18.6 Å². The van der Waals surface area contributed by atoms with Crippen molar-refractivity contribution in [3.05, 3.63) is 52.5 Å². The number of thiazole rings is 1. The molecule has 0 spiro atoms.